The van der Waals surface area contributed by atoms with Gasteiger partial charge in [0.1, 0.15) is 6.61 Å². The molecule has 1 N–H and O–H groups in total. The van der Waals surface area contributed by atoms with E-state index in [-0.39, 0.29) is 18.0 Å². The molecule has 7 heteroatoms. The Morgan fingerprint density at radius 2 is 2.10 bits per heavy atom. The van der Waals surface area contributed by atoms with Crippen molar-refractivity contribution in [3.05, 3.63) is 32.3 Å². The molecule has 1 aromatic carbocycles. The Morgan fingerprint density at radius 1 is 1.40 bits per heavy atom. The van der Waals surface area contributed by atoms with E-state index in [2.05, 4.69) is 15.9 Å². The number of rotatable bonds is 8. The van der Waals surface area contributed by atoms with Crippen molar-refractivity contribution in [1.29, 1.82) is 0 Å². The summed E-state index contributed by atoms with van der Waals surface area (Å²) in [6, 6.07) is 2.97. The molecular formula is C13H18BrNO5. The van der Waals surface area contributed by atoms with Crippen LogP contribution >= 0.6 is 15.9 Å². The standard InChI is InChI=1S/C13H18BrNO5/c1-3-4-19-5-6-20-13-11(9(2)16)7-10(14)8-12(13)15(17)18/h7-9,16H,3-6H2,1-2H3/t9-/m1/s1. The van der Waals surface area contributed by atoms with Crippen LogP contribution in [0.15, 0.2) is 16.6 Å². The Balaban J connectivity index is 2.92. The van der Waals surface area contributed by atoms with E-state index in [9.17, 15) is 15.2 Å². The normalized spacial score (nSPS) is 12.2. The molecule has 0 aliphatic carbocycles. The highest BCUT2D eigenvalue weighted by Crippen LogP contribution is 2.37. The third-order valence-electron chi connectivity index (χ3n) is 2.53. The third kappa shape index (κ3) is 4.73. The number of hydrogen-bond donors (Lipinski definition) is 1. The molecule has 0 saturated heterocycles. The molecule has 0 aromatic heterocycles. The van der Waals surface area contributed by atoms with Gasteiger partial charge in [-0.2, -0.15) is 0 Å². The van der Waals surface area contributed by atoms with Gasteiger partial charge in [-0.1, -0.05) is 22.9 Å². The van der Waals surface area contributed by atoms with Crippen LogP contribution in [0.3, 0.4) is 0 Å². The summed E-state index contributed by atoms with van der Waals surface area (Å²) < 4.78 is 11.2. The molecule has 0 aliphatic rings. The van der Waals surface area contributed by atoms with Gasteiger partial charge in [0, 0.05) is 22.7 Å². The van der Waals surface area contributed by atoms with Crippen molar-refractivity contribution in [1.82, 2.24) is 0 Å². The van der Waals surface area contributed by atoms with Crippen molar-refractivity contribution in [2.45, 2.75) is 26.4 Å². The number of aliphatic hydroxyl groups excluding tert-OH is 1. The molecule has 1 rings (SSSR count). The lowest BCUT2D eigenvalue weighted by Crippen LogP contribution is -2.10. The van der Waals surface area contributed by atoms with Crippen LogP contribution in [-0.4, -0.2) is 29.9 Å². The number of benzene rings is 1. The lowest BCUT2D eigenvalue weighted by Gasteiger charge is -2.14. The Morgan fingerprint density at radius 3 is 2.65 bits per heavy atom. The molecular weight excluding hydrogens is 330 g/mol. The van der Waals surface area contributed by atoms with Gasteiger partial charge in [0.05, 0.1) is 17.6 Å². The summed E-state index contributed by atoms with van der Waals surface area (Å²) in [6.45, 7) is 4.69. The van der Waals surface area contributed by atoms with E-state index in [0.29, 0.717) is 23.2 Å². The molecule has 0 fully saturated rings. The van der Waals surface area contributed by atoms with Gasteiger partial charge in [0.2, 0.25) is 5.75 Å². The van der Waals surface area contributed by atoms with Crippen LogP contribution in [0.4, 0.5) is 5.69 Å². The minimum absolute atomic E-state index is 0.0910. The molecule has 0 unspecified atom stereocenters. The molecule has 0 bridgehead atoms. The van der Waals surface area contributed by atoms with Crippen LogP contribution in [0.2, 0.25) is 0 Å². The molecule has 0 heterocycles. The third-order valence-corrected chi connectivity index (χ3v) is 2.99. The maximum absolute atomic E-state index is 11.1. The first kappa shape index (κ1) is 16.9. The van der Waals surface area contributed by atoms with Crippen LogP contribution in [-0.2, 0) is 4.74 Å². The zero-order valence-corrected chi connectivity index (χ0v) is 13.1. The highest BCUT2D eigenvalue weighted by atomic mass is 79.9. The monoisotopic (exact) mass is 347 g/mol. The van der Waals surface area contributed by atoms with Gasteiger partial charge in [0.25, 0.3) is 0 Å². The largest absolute Gasteiger partial charge is 0.484 e. The molecule has 0 amide bonds. The van der Waals surface area contributed by atoms with Crippen LogP contribution in [0.25, 0.3) is 0 Å². The van der Waals surface area contributed by atoms with E-state index in [1.165, 1.54) is 13.0 Å². The van der Waals surface area contributed by atoms with Crippen molar-refractivity contribution < 1.29 is 19.5 Å². The topological polar surface area (TPSA) is 81.8 Å². The lowest BCUT2D eigenvalue weighted by atomic mass is 10.1. The second-order valence-corrected chi connectivity index (χ2v) is 5.15. The second-order valence-electron chi connectivity index (χ2n) is 4.24. The maximum atomic E-state index is 11.1. The molecule has 20 heavy (non-hydrogen) atoms. The average Bonchev–Trinajstić information content (AvgIpc) is 2.38. The van der Waals surface area contributed by atoms with E-state index in [0.717, 1.165) is 6.42 Å². The summed E-state index contributed by atoms with van der Waals surface area (Å²) in [4.78, 5) is 10.5. The molecule has 0 saturated carbocycles. The molecule has 1 atom stereocenters. The van der Waals surface area contributed by atoms with Gasteiger partial charge in [-0.25, -0.2) is 0 Å². The molecule has 112 valence electrons. The van der Waals surface area contributed by atoms with Crippen LogP contribution < -0.4 is 4.74 Å². The molecule has 0 spiro atoms. The zero-order chi connectivity index (χ0) is 15.1. The van der Waals surface area contributed by atoms with E-state index in [1.54, 1.807) is 6.07 Å². The zero-order valence-electron chi connectivity index (χ0n) is 11.5. The first-order chi connectivity index (χ1) is 9.47. The van der Waals surface area contributed by atoms with Crippen molar-refractivity contribution in [3.8, 4) is 5.75 Å². The van der Waals surface area contributed by atoms with Gasteiger partial charge >= 0.3 is 5.69 Å². The second kappa shape index (κ2) is 8.18. The van der Waals surface area contributed by atoms with E-state index in [4.69, 9.17) is 9.47 Å². The minimum Gasteiger partial charge on any atom is -0.484 e. The van der Waals surface area contributed by atoms with Crippen LogP contribution in [0, 0.1) is 10.1 Å². The number of nitro groups is 1. The number of nitro benzene ring substituents is 1. The Kier molecular flexibility index (Phi) is 6.90. The first-order valence-electron chi connectivity index (χ1n) is 6.33. The van der Waals surface area contributed by atoms with Crippen molar-refractivity contribution in [2.24, 2.45) is 0 Å². The summed E-state index contributed by atoms with van der Waals surface area (Å²) in [5.74, 6) is 0.0910. The summed E-state index contributed by atoms with van der Waals surface area (Å²) in [7, 11) is 0. The number of nitrogens with zero attached hydrogens (tertiary/aromatic N) is 1. The quantitative estimate of drug-likeness (QED) is 0.443. The summed E-state index contributed by atoms with van der Waals surface area (Å²) in [5.41, 5.74) is 0.201. The van der Waals surface area contributed by atoms with Gasteiger partial charge < -0.3 is 14.6 Å². The Labute approximate surface area is 126 Å². The summed E-state index contributed by atoms with van der Waals surface area (Å²) >= 11 is 3.19. The lowest BCUT2D eigenvalue weighted by molar-refractivity contribution is -0.386. The van der Waals surface area contributed by atoms with Crippen LogP contribution in [0.5, 0.6) is 5.75 Å². The fraction of sp³-hybridized carbons (Fsp3) is 0.538. The Bertz CT molecular complexity index is 464. The first-order valence-corrected chi connectivity index (χ1v) is 7.13. The van der Waals surface area contributed by atoms with E-state index < -0.39 is 11.0 Å². The smallest absolute Gasteiger partial charge is 0.312 e. The molecule has 6 nitrogen and oxygen atoms in total. The number of hydrogen-bond acceptors (Lipinski definition) is 5. The summed E-state index contributed by atoms with van der Waals surface area (Å²) in [6.07, 6.45) is 0.0370. The number of aliphatic hydroxyl groups is 1. The van der Waals surface area contributed by atoms with Gasteiger partial charge in [-0.05, 0) is 19.4 Å². The van der Waals surface area contributed by atoms with Gasteiger partial charge in [-0.15, -0.1) is 0 Å². The van der Waals surface area contributed by atoms with Crippen LogP contribution in [0.1, 0.15) is 31.9 Å². The highest BCUT2D eigenvalue weighted by Gasteiger charge is 2.23. The van der Waals surface area contributed by atoms with Gasteiger partial charge in [-0.3, -0.25) is 10.1 Å². The fourth-order valence-electron chi connectivity index (χ4n) is 1.65. The predicted molar refractivity (Wildman–Crippen MR) is 78.0 cm³/mol. The average molecular weight is 348 g/mol. The summed E-state index contributed by atoms with van der Waals surface area (Å²) in [5, 5.41) is 20.8. The van der Waals surface area contributed by atoms with Gasteiger partial charge in [0.15, 0.2) is 0 Å². The molecule has 0 radical (unpaired) electrons. The van der Waals surface area contributed by atoms with E-state index >= 15 is 0 Å². The highest BCUT2D eigenvalue weighted by molar-refractivity contribution is 9.10. The predicted octanol–water partition coefficient (Wildman–Crippen LogP) is 3.22. The maximum Gasteiger partial charge on any atom is 0.312 e. The molecule has 0 aliphatic heterocycles. The minimum atomic E-state index is -0.863. The van der Waals surface area contributed by atoms with Crippen molar-refractivity contribution >= 4 is 21.6 Å². The Hall–Kier alpha value is -1.18. The fourth-order valence-corrected chi connectivity index (χ4v) is 2.12. The number of ether oxygens (including phenoxy) is 2. The van der Waals surface area contributed by atoms with E-state index in [1.807, 2.05) is 6.92 Å². The molecule has 1 aromatic rings. The van der Waals surface area contributed by atoms with Crippen molar-refractivity contribution in [3.63, 3.8) is 0 Å². The SMILES string of the molecule is CCCOCCOc1c([C@@H](C)O)cc(Br)cc1[N+](=O)[O-]. The number of halogens is 1. The van der Waals surface area contributed by atoms with Crippen molar-refractivity contribution in [2.75, 3.05) is 19.8 Å².